The van der Waals surface area contributed by atoms with Crippen molar-refractivity contribution >= 4 is 43.2 Å². The quantitative estimate of drug-likeness (QED) is 0.404. The summed E-state index contributed by atoms with van der Waals surface area (Å²) in [6.07, 6.45) is 0. The van der Waals surface area contributed by atoms with Crippen LogP contribution in [-0.2, 0) is 10.0 Å². The number of carbonyl (C=O) groups excluding carboxylic acids is 1. The van der Waals surface area contributed by atoms with Crippen LogP contribution in [0.15, 0.2) is 77.0 Å². The molecule has 8 heteroatoms. The van der Waals surface area contributed by atoms with Crippen molar-refractivity contribution in [2.75, 3.05) is 18.4 Å². The Morgan fingerprint density at radius 2 is 1.66 bits per heavy atom. The van der Waals surface area contributed by atoms with Crippen LogP contribution in [0.3, 0.4) is 0 Å². The van der Waals surface area contributed by atoms with Crippen LogP contribution < -0.4 is 5.32 Å². The number of aromatic nitrogens is 1. The maximum absolute atomic E-state index is 12.7. The van der Waals surface area contributed by atoms with E-state index in [0.717, 1.165) is 22.0 Å². The van der Waals surface area contributed by atoms with Crippen molar-refractivity contribution < 1.29 is 13.2 Å². The lowest BCUT2D eigenvalue weighted by Crippen LogP contribution is -2.30. The van der Waals surface area contributed by atoms with E-state index in [-0.39, 0.29) is 10.8 Å². The minimum absolute atomic E-state index is 0.172. The van der Waals surface area contributed by atoms with Gasteiger partial charge < -0.3 is 0 Å². The third kappa shape index (κ3) is 4.29. The van der Waals surface area contributed by atoms with Crippen LogP contribution in [0.5, 0.6) is 0 Å². The molecule has 0 atom stereocenters. The highest BCUT2D eigenvalue weighted by molar-refractivity contribution is 7.89. The molecule has 164 valence electrons. The monoisotopic (exact) mass is 465 g/mol. The van der Waals surface area contributed by atoms with E-state index in [2.05, 4.69) is 28.5 Å². The van der Waals surface area contributed by atoms with Crippen LogP contribution in [0.4, 0.5) is 5.13 Å². The zero-order valence-electron chi connectivity index (χ0n) is 17.8. The van der Waals surface area contributed by atoms with E-state index in [1.54, 1.807) is 13.8 Å². The molecule has 0 aliphatic carbocycles. The van der Waals surface area contributed by atoms with E-state index in [0.29, 0.717) is 23.8 Å². The molecule has 1 N–H and O–H groups in total. The first kappa shape index (κ1) is 22.1. The smallest absolute Gasteiger partial charge is 0.257 e. The Morgan fingerprint density at radius 3 is 2.38 bits per heavy atom. The minimum atomic E-state index is -3.56. The number of hydrogen-bond acceptors (Lipinski definition) is 5. The number of anilines is 1. The number of hydrogen-bond donors (Lipinski definition) is 1. The Balaban J connectivity index is 1.52. The summed E-state index contributed by atoms with van der Waals surface area (Å²) in [7, 11) is -3.56. The van der Waals surface area contributed by atoms with Gasteiger partial charge in [0.15, 0.2) is 5.13 Å². The van der Waals surface area contributed by atoms with Crippen LogP contribution in [-0.4, -0.2) is 36.7 Å². The van der Waals surface area contributed by atoms with Gasteiger partial charge in [-0.15, -0.1) is 11.3 Å². The molecule has 0 bridgehead atoms. The second-order valence-electron chi connectivity index (χ2n) is 7.13. The Morgan fingerprint density at radius 1 is 0.969 bits per heavy atom. The molecule has 1 aromatic heterocycles. The zero-order chi connectivity index (χ0) is 22.7. The summed E-state index contributed by atoms with van der Waals surface area (Å²) in [5.74, 6) is -0.337. The number of fused-ring (bicyclic) bond motifs is 1. The Hall–Kier alpha value is -3.07. The van der Waals surface area contributed by atoms with Crippen molar-refractivity contribution in [2.24, 2.45) is 0 Å². The number of nitrogens with one attached hydrogen (secondary N) is 1. The van der Waals surface area contributed by atoms with Gasteiger partial charge in [-0.2, -0.15) is 4.31 Å². The lowest BCUT2D eigenvalue weighted by atomic mass is 10.0. The second-order valence-corrected chi connectivity index (χ2v) is 9.93. The second kappa shape index (κ2) is 9.20. The summed E-state index contributed by atoms with van der Waals surface area (Å²) >= 11 is 1.35. The van der Waals surface area contributed by atoms with Gasteiger partial charge >= 0.3 is 0 Å². The highest BCUT2D eigenvalue weighted by Crippen LogP contribution is 2.31. The van der Waals surface area contributed by atoms with Crippen molar-refractivity contribution in [3.63, 3.8) is 0 Å². The summed E-state index contributed by atoms with van der Waals surface area (Å²) in [5.41, 5.74) is 2.17. The van der Waals surface area contributed by atoms with E-state index in [4.69, 9.17) is 0 Å². The molecule has 4 rings (SSSR count). The third-order valence-electron chi connectivity index (χ3n) is 5.25. The lowest BCUT2D eigenvalue weighted by molar-refractivity contribution is 0.102. The van der Waals surface area contributed by atoms with Gasteiger partial charge in [0.25, 0.3) is 5.91 Å². The van der Waals surface area contributed by atoms with E-state index in [1.165, 1.54) is 39.9 Å². The molecule has 0 aliphatic rings. The van der Waals surface area contributed by atoms with E-state index in [9.17, 15) is 13.2 Å². The summed E-state index contributed by atoms with van der Waals surface area (Å²) in [4.78, 5) is 17.4. The molecule has 0 unspecified atom stereocenters. The predicted molar refractivity (Wildman–Crippen MR) is 130 cm³/mol. The van der Waals surface area contributed by atoms with Crippen LogP contribution in [0, 0.1) is 0 Å². The number of nitrogens with zero attached hydrogens (tertiary/aromatic N) is 2. The number of thiazole rings is 1. The lowest BCUT2D eigenvalue weighted by Gasteiger charge is -2.18. The number of rotatable bonds is 7. The van der Waals surface area contributed by atoms with E-state index < -0.39 is 10.0 Å². The molecular weight excluding hydrogens is 442 g/mol. The van der Waals surface area contributed by atoms with E-state index in [1.807, 2.05) is 29.6 Å². The van der Waals surface area contributed by atoms with Gasteiger partial charge in [0.05, 0.1) is 10.6 Å². The average Bonchev–Trinajstić information content (AvgIpc) is 3.27. The summed E-state index contributed by atoms with van der Waals surface area (Å²) in [6.45, 7) is 4.38. The van der Waals surface area contributed by atoms with Gasteiger partial charge in [0.2, 0.25) is 10.0 Å². The number of benzene rings is 3. The fraction of sp³-hybridized carbons (Fsp3) is 0.167. The van der Waals surface area contributed by atoms with Crippen LogP contribution in [0.2, 0.25) is 0 Å². The Bertz CT molecular complexity index is 1350. The molecule has 0 saturated heterocycles. The van der Waals surface area contributed by atoms with Gasteiger partial charge in [-0.25, -0.2) is 13.4 Å². The maximum Gasteiger partial charge on any atom is 0.257 e. The molecule has 0 aliphatic heterocycles. The van der Waals surface area contributed by atoms with Crippen LogP contribution in [0.1, 0.15) is 24.2 Å². The SMILES string of the molecule is CCN(CC)S(=O)(=O)c1ccc(C(=O)Nc2nc(-c3cccc4ccccc34)cs2)cc1. The largest absolute Gasteiger partial charge is 0.298 e. The molecule has 3 aromatic carbocycles. The normalized spacial score (nSPS) is 11.7. The number of sulfonamides is 1. The van der Waals surface area contributed by atoms with Crippen molar-refractivity contribution in [3.8, 4) is 11.3 Å². The average molecular weight is 466 g/mol. The van der Waals surface area contributed by atoms with E-state index >= 15 is 0 Å². The highest BCUT2D eigenvalue weighted by Gasteiger charge is 2.22. The molecule has 6 nitrogen and oxygen atoms in total. The molecule has 4 aromatic rings. The predicted octanol–water partition coefficient (Wildman–Crippen LogP) is 5.25. The minimum Gasteiger partial charge on any atom is -0.298 e. The van der Waals surface area contributed by atoms with Crippen LogP contribution >= 0.6 is 11.3 Å². The van der Waals surface area contributed by atoms with Gasteiger partial charge in [0, 0.05) is 29.6 Å². The zero-order valence-corrected chi connectivity index (χ0v) is 19.4. The first-order valence-electron chi connectivity index (χ1n) is 10.3. The molecular formula is C24H23N3O3S2. The summed E-state index contributed by atoms with van der Waals surface area (Å²) < 4.78 is 26.6. The first-order chi connectivity index (χ1) is 15.4. The van der Waals surface area contributed by atoms with Crippen LogP contribution in [0.25, 0.3) is 22.0 Å². The van der Waals surface area contributed by atoms with Gasteiger partial charge in [-0.05, 0) is 35.0 Å². The van der Waals surface area contributed by atoms with Crippen molar-refractivity contribution in [1.82, 2.24) is 9.29 Å². The first-order valence-corrected chi connectivity index (χ1v) is 12.6. The molecule has 0 spiro atoms. The molecule has 0 saturated carbocycles. The topological polar surface area (TPSA) is 79.4 Å². The fourth-order valence-corrected chi connectivity index (χ4v) is 5.73. The molecule has 1 heterocycles. The highest BCUT2D eigenvalue weighted by atomic mass is 32.2. The fourth-order valence-electron chi connectivity index (χ4n) is 3.56. The number of amides is 1. The standard InChI is InChI=1S/C24H23N3O3S2/c1-3-27(4-2)32(29,30)19-14-12-18(13-15-19)23(28)26-24-25-22(16-31-24)21-11-7-9-17-8-5-6-10-20(17)21/h5-16H,3-4H2,1-2H3,(H,25,26,28). The van der Waals surface area contributed by atoms with Crippen molar-refractivity contribution in [2.45, 2.75) is 18.7 Å². The molecule has 0 radical (unpaired) electrons. The molecule has 0 fully saturated rings. The van der Waals surface area contributed by atoms with Gasteiger partial charge in [-0.1, -0.05) is 56.3 Å². The summed E-state index contributed by atoms with van der Waals surface area (Å²) in [6, 6.07) is 20.1. The number of carbonyl (C=O) groups is 1. The maximum atomic E-state index is 12.7. The van der Waals surface area contributed by atoms with Crippen molar-refractivity contribution in [3.05, 3.63) is 77.7 Å². The van der Waals surface area contributed by atoms with Crippen molar-refractivity contribution in [1.29, 1.82) is 0 Å². The molecule has 1 amide bonds. The molecule has 32 heavy (non-hydrogen) atoms. The van der Waals surface area contributed by atoms with Gasteiger partial charge in [0.1, 0.15) is 0 Å². The van der Waals surface area contributed by atoms with Gasteiger partial charge in [-0.3, -0.25) is 10.1 Å². The summed E-state index contributed by atoms with van der Waals surface area (Å²) in [5, 5.41) is 7.43. The Labute approximate surface area is 191 Å². The Kier molecular flexibility index (Phi) is 6.36. The third-order valence-corrected chi connectivity index (χ3v) is 8.07.